The maximum atomic E-state index is 12.9. The Kier molecular flexibility index (Phi) is 4.33. The Hall–Kier alpha value is -2.55. The van der Waals surface area contributed by atoms with Crippen molar-refractivity contribution in [2.45, 2.75) is 6.42 Å². The highest BCUT2D eigenvalue weighted by Gasteiger charge is 2.28. The molecule has 0 spiro atoms. The standard InChI is InChI=1S/C18H23N5O3S/c1-20-8-6-19-18(20)22-11-9-21(10-12-22)17(24)15-3-4-16-14(13-15)5-7-23(16)27(2,25)26/h3-4,6,8,13H,5,7,9-12H2,1-2H3. The van der Waals surface area contributed by atoms with Crippen LogP contribution in [0.3, 0.4) is 0 Å². The fourth-order valence-electron chi connectivity index (χ4n) is 3.80. The van der Waals surface area contributed by atoms with Crippen LogP contribution in [0.4, 0.5) is 11.6 Å². The van der Waals surface area contributed by atoms with Crippen LogP contribution in [0, 0.1) is 0 Å². The van der Waals surface area contributed by atoms with Crippen LogP contribution in [0.15, 0.2) is 30.6 Å². The van der Waals surface area contributed by atoms with Gasteiger partial charge in [0.15, 0.2) is 0 Å². The van der Waals surface area contributed by atoms with Crippen molar-refractivity contribution in [3.8, 4) is 0 Å². The lowest BCUT2D eigenvalue weighted by Crippen LogP contribution is -2.49. The van der Waals surface area contributed by atoms with Crippen LogP contribution in [0.5, 0.6) is 0 Å². The van der Waals surface area contributed by atoms with Crippen molar-refractivity contribution < 1.29 is 13.2 Å². The summed E-state index contributed by atoms with van der Waals surface area (Å²) in [5.41, 5.74) is 2.22. The lowest BCUT2D eigenvalue weighted by atomic mass is 10.1. The fraction of sp³-hybridized carbons (Fsp3) is 0.444. The van der Waals surface area contributed by atoms with Crippen LogP contribution >= 0.6 is 0 Å². The number of imidazole rings is 1. The largest absolute Gasteiger partial charge is 0.339 e. The molecule has 4 rings (SSSR count). The number of nitrogens with zero attached hydrogens (tertiary/aromatic N) is 5. The number of piperazine rings is 1. The molecule has 8 nitrogen and oxygen atoms in total. The number of aromatic nitrogens is 2. The van der Waals surface area contributed by atoms with Crippen molar-refractivity contribution >= 4 is 27.6 Å². The normalized spacial score (nSPS) is 17.3. The summed E-state index contributed by atoms with van der Waals surface area (Å²) in [6, 6.07) is 5.32. The summed E-state index contributed by atoms with van der Waals surface area (Å²) in [6.45, 7) is 3.19. The molecule has 3 heterocycles. The minimum Gasteiger partial charge on any atom is -0.339 e. The predicted molar refractivity (Wildman–Crippen MR) is 104 cm³/mol. The van der Waals surface area contributed by atoms with E-state index >= 15 is 0 Å². The first-order valence-corrected chi connectivity index (χ1v) is 10.8. The molecular weight excluding hydrogens is 366 g/mol. The third-order valence-corrected chi connectivity index (χ3v) is 6.41. The van der Waals surface area contributed by atoms with E-state index in [0.717, 1.165) is 24.6 Å². The first-order valence-electron chi connectivity index (χ1n) is 8.97. The number of aryl methyl sites for hydroxylation is 1. The zero-order valence-electron chi connectivity index (χ0n) is 15.5. The van der Waals surface area contributed by atoms with Crippen LogP contribution in [0.25, 0.3) is 0 Å². The van der Waals surface area contributed by atoms with E-state index in [9.17, 15) is 13.2 Å². The molecule has 0 atom stereocenters. The van der Waals surface area contributed by atoms with Crippen molar-refractivity contribution in [3.05, 3.63) is 41.7 Å². The maximum Gasteiger partial charge on any atom is 0.253 e. The third kappa shape index (κ3) is 3.27. The second-order valence-electron chi connectivity index (χ2n) is 7.05. The number of rotatable bonds is 3. The van der Waals surface area contributed by atoms with Crippen molar-refractivity contribution in [3.63, 3.8) is 0 Å². The summed E-state index contributed by atoms with van der Waals surface area (Å²) < 4.78 is 27.1. The van der Waals surface area contributed by atoms with E-state index in [0.29, 0.717) is 37.3 Å². The Balaban J connectivity index is 1.46. The first-order chi connectivity index (χ1) is 12.8. The molecule has 27 heavy (non-hydrogen) atoms. The van der Waals surface area contributed by atoms with Gasteiger partial charge in [-0.15, -0.1) is 0 Å². The number of carbonyl (C=O) groups excluding carboxylic acids is 1. The van der Waals surface area contributed by atoms with E-state index in [4.69, 9.17) is 0 Å². The summed E-state index contributed by atoms with van der Waals surface area (Å²) in [5, 5.41) is 0. The molecule has 1 aromatic carbocycles. The number of sulfonamides is 1. The molecule has 1 aromatic heterocycles. The van der Waals surface area contributed by atoms with E-state index in [-0.39, 0.29) is 5.91 Å². The van der Waals surface area contributed by atoms with Gasteiger partial charge < -0.3 is 14.4 Å². The zero-order valence-corrected chi connectivity index (χ0v) is 16.3. The number of fused-ring (bicyclic) bond motifs is 1. The monoisotopic (exact) mass is 389 g/mol. The number of amides is 1. The predicted octanol–water partition coefficient (Wildman–Crippen LogP) is 0.705. The van der Waals surface area contributed by atoms with E-state index in [1.807, 2.05) is 28.8 Å². The number of anilines is 2. The number of hydrogen-bond donors (Lipinski definition) is 0. The Bertz CT molecular complexity index is 977. The molecule has 1 amide bonds. The van der Waals surface area contributed by atoms with Gasteiger partial charge in [0.2, 0.25) is 16.0 Å². The Labute approximate surface area is 159 Å². The molecule has 0 saturated carbocycles. The van der Waals surface area contributed by atoms with Gasteiger partial charge in [0.05, 0.1) is 11.9 Å². The quantitative estimate of drug-likeness (QED) is 0.772. The summed E-state index contributed by atoms with van der Waals surface area (Å²) >= 11 is 0. The van der Waals surface area contributed by atoms with Crippen molar-refractivity contribution in [1.82, 2.24) is 14.5 Å². The molecule has 0 N–H and O–H groups in total. The van der Waals surface area contributed by atoms with E-state index in [1.54, 1.807) is 18.3 Å². The highest BCUT2D eigenvalue weighted by Crippen LogP contribution is 2.31. The Morgan fingerprint density at radius 1 is 1.11 bits per heavy atom. The van der Waals surface area contributed by atoms with Gasteiger partial charge >= 0.3 is 0 Å². The van der Waals surface area contributed by atoms with Crippen molar-refractivity contribution in [2.24, 2.45) is 7.05 Å². The molecule has 0 bridgehead atoms. The highest BCUT2D eigenvalue weighted by molar-refractivity contribution is 7.92. The van der Waals surface area contributed by atoms with Gasteiger partial charge in [-0.2, -0.15) is 0 Å². The maximum absolute atomic E-state index is 12.9. The fourth-order valence-corrected chi connectivity index (χ4v) is 4.76. The lowest BCUT2D eigenvalue weighted by molar-refractivity contribution is 0.0746. The SMILES string of the molecule is Cn1ccnc1N1CCN(C(=O)c2ccc3c(c2)CCN3S(C)(=O)=O)CC1. The molecule has 9 heteroatoms. The van der Waals surface area contributed by atoms with Crippen molar-refractivity contribution in [1.29, 1.82) is 0 Å². The van der Waals surface area contributed by atoms with Gasteiger partial charge in [0.25, 0.3) is 5.91 Å². The molecule has 1 saturated heterocycles. The highest BCUT2D eigenvalue weighted by atomic mass is 32.2. The van der Waals surface area contributed by atoms with Gasteiger partial charge in [-0.1, -0.05) is 0 Å². The molecule has 0 unspecified atom stereocenters. The average Bonchev–Trinajstić information content (AvgIpc) is 3.26. The Morgan fingerprint density at radius 3 is 2.48 bits per heavy atom. The van der Waals surface area contributed by atoms with Gasteiger partial charge in [0, 0.05) is 57.7 Å². The van der Waals surface area contributed by atoms with Gasteiger partial charge in [-0.25, -0.2) is 13.4 Å². The number of carbonyl (C=O) groups is 1. The topological polar surface area (TPSA) is 78.8 Å². The molecule has 2 aliphatic rings. The Morgan fingerprint density at radius 2 is 1.85 bits per heavy atom. The molecule has 144 valence electrons. The van der Waals surface area contributed by atoms with E-state index in [2.05, 4.69) is 9.88 Å². The van der Waals surface area contributed by atoms with Crippen LogP contribution in [0.2, 0.25) is 0 Å². The van der Waals surface area contributed by atoms with Crippen LogP contribution < -0.4 is 9.21 Å². The van der Waals surface area contributed by atoms with Crippen LogP contribution in [-0.4, -0.2) is 67.8 Å². The van der Waals surface area contributed by atoms with Gasteiger partial charge in [0.1, 0.15) is 0 Å². The van der Waals surface area contributed by atoms with Crippen LogP contribution in [-0.2, 0) is 23.5 Å². The smallest absolute Gasteiger partial charge is 0.253 e. The average molecular weight is 389 g/mol. The first kappa shape index (κ1) is 17.8. The van der Waals surface area contributed by atoms with Crippen molar-refractivity contribution in [2.75, 3.05) is 48.2 Å². The number of benzene rings is 1. The molecule has 0 radical (unpaired) electrons. The summed E-state index contributed by atoms with van der Waals surface area (Å²) in [6.07, 6.45) is 5.53. The molecule has 1 fully saturated rings. The summed E-state index contributed by atoms with van der Waals surface area (Å²) in [4.78, 5) is 21.3. The summed E-state index contributed by atoms with van der Waals surface area (Å²) in [7, 11) is -1.31. The molecular formula is C18H23N5O3S. The van der Waals surface area contributed by atoms with Gasteiger partial charge in [-0.05, 0) is 30.2 Å². The van der Waals surface area contributed by atoms with Crippen LogP contribution in [0.1, 0.15) is 15.9 Å². The number of hydrogen-bond acceptors (Lipinski definition) is 5. The minimum absolute atomic E-state index is 0.00454. The van der Waals surface area contributed by atoms with E-state index in [1.165, 1.54) is 10.6 Å². The molecule has 2 aromatic rings. The van der Waals surface area contributed by atoms with Gasteiger partial charge in [-0.3, -0.25) is 9.10 Å². The minimum atomic E-state index is -3.28. The molecule has 0 aliphatic carbocycles. The second kappa shape index (κ2) is 6.56. The zero-order chi connectivity index (χ0) is 19.2. The lowest BCUT2D eigenvalue weighted by Gasteiger charge is -2.35. The van der Waals surface area contributed by atoms with E-state index < -0.39 is 10.0 Å². The molecule has 2 aliphatic heterocycles. The third-order valence-electron chi connectivity index (χ3n) is 5.23. The summed E-state index contributed by atoms with van der Waals surface area (Å²) in [5.74, 6) is 0.913. The second-order valence-corrected chi connectivity index (χ2v) is 8.95.